The maximum Gasteiger partial charge on any atom is 0.416 e. The van der Waals surface area contributed by atoms with E-state index in [9.17, 15) is 26.3 Å². The third-order valence-electron chi connectivity index (χ3n) is 2.63. The summed E-state index contributed by atoms with van der Waals surface area (Å²) in [6.07, 6.45) is -9.74. The number of rotatable bonds is 2. The molecule has 2 aromatic rings. The summed E-state index contributed by atoms with van der Waals surface area (Å²) < 4.78 is 76.3. The molecule has 8 heteroatoms. The van der Waals surface area contributed by atoms with Crippen LogP contribution < -0.4 is 0 Å². The zero-order valence-electron chi connectivity index (χ0n) is 10.7. The van der Waals surface area contributed by atoms with E-state index in [1.165, 1.54) is 24.3 Å². The van der Waals surface area contributed by atoms with Crippen LogP contribution in [0.1, 0.15) is 11.1 Å². The van der Waals surface area contributed by atoms with E-state index in [0.29, 0.717) is 17.0 Å². The molecule has 1 N–H and O–H groups in total. The van der Waals surface area contributed by atoms with Crippen LogP contribution in [-0.2, 0) is 12.4 Å². The van der Waals surface area contributed by atoms with Crippen molar-refractivity contribution in [3.63, 3.8) is 0 Å². The highest BCUT2D eigenvalue weighted by molar-refractivity contribution is 7.99. The first-order valence-electron chi connectivity index (χ1n) is 5.82. The van der Waals surface area contributed by atoms with Crippen molar-refractivity contribution in [2.45, 2.75) is 22.1 Å². The fourth-order valence-corrected chi connectivity index (χ4v) is 2.55. The Bertz CT molecular complexity index is 628. The second-order valence-electron chi connectivity index (χ2n) is 4.34. The molecule has 0 aromatic heterocycles. The highest BCUT2D eigenvalue weighted by Gasteiger charge is 2.36. The standard InChI is InChI=1S/C14H8F6OS/c15-13(16,17)8-5-9(14(18,19)20)7-12(6-8)22-11-3-1-10(21)2-4-11/h1-7,21H. The summed E-state index contributed by atoms with van der Waals surface area (Å²) in [5, 5.41) is 9.12. The summed E-state index contributed by atoms with van der Waals surface area (Å²) in [7, 11) is 0. The average Bonchev–Trinajstić information content (AvgIpc) is 2.39. The van der Waals surface area contributed by atoms with Gasteiger partial charge in [0.05, 0.1) is 11.1 Å². The number of hydrogen-bond donors (Lipinski definition) is 1. The molecule has 0 radical (unpaired) electrons. The van der Waals surface area contributed by atoms with E-state index in [1.807, 2.05) is 0 Å². The number of alkyl halides is 6. The van der Waals surface area contributed by atoms with Gasteiger partial charge in [0.1, 0.15) is 5.75 Å². The monoisotopic (exact) mass is 338 g/mol. The van der Waals surface area contributed by atoms with Crippen LogP contribution in [0.5, 0.6) is 5.75 Å². The molecular formula is C14H8F6OS. The van der Waals surface area contributed by atoms with Crippen molar-refractivity contribution in [2.75, 3.05) is 0 Å². The van der Waals surface area contributed by atoms with E-state index in [0.717, 1.165) is 11.8 Å². The number of benzene rings is 2. The van der Waals surface area contributed by atoms with Gasteiger partial charge in [0.15, 0.2) is 0 Å². The van der Waals surface area contributed by atoms with Gasteiger partial charge in [0.25, 0.3) is 0 Å². The maximum atomic E-state index is 12.7. The molecule has 0 saturated carbocycles. The van der Waals surface area contributed by atoms with E-state index in [-0.39, 0.29) is 16.7 Å². The highest BCUT2D eigenvalue weighted by Crippen LogP contribution is 2.40. The minimum Gasteiger partial charge on any atom is -0.508 e. The first-order chi connectivity index (χ1) is 10.1. The number of phenolic OH excluding ortho intramolecular Hbond substituents is 1. The molecule has 0 atom stereocenters. The van der Waals surface area contributed by atoms with Crippen molar-refractivity contribution in [1.29, 1.82) is 0 Å². The van der Waals surface area contributed by atoms with Crippen LogP contribution in [0.3, 0.4) is 0 Å². The highest BCUT2D eigenvalue weighted by atomic mass is 32.2. The molecule has 0 fully saturated rings. The molecule has 1 nitrogen and oxygen atoms in total. The molecule has 0 spiro atoms. The summed E-state index contributed by atoms with van der Waals surface area (Å²) in [5.41, 5.74) is -2.72. The minimum absolute atomic E-state index is 0.0515. The summed E-state index contributed by atoms with van der Waals surface area (Å²) in [6.45, 7) is 0. The Morgan fingerprint density at radius 3 is 1.55 bits per heavy atom. The van der Waals surface area contributed by atoms with Crippen molar-refractivity contribution >= 4 is 11.8 Å². The Morgan fingerprint density at radius 2 is 1.14 bits per heavy atom. The van der Waals surface area contributed by atoms with Crippen molar-refractivity contribution < 1.29 is 31.4 Å². The molecule has 0 aliphatic rings. The predicted octanol–water partition coefficient (Wildman–Crippen LogP) is 5.58. The topological polar surface area (TPSA) is 20.2 Å². The zero-order valence-corrected chi connectivity index (χ0v) is 11.5. The lowest BCUT2D eigenvalue weighted by Gasteiger charge is -2.14. The lowest BCUT2D eigenvalue weighted by molar-refractivity contribution is -0.143. The Hall–Kier alpha value is -1.83. The Labute approximate surface area is 125 Å². The first kappa shape index (κ1) is 16.5. The molecule has 0 unspecified atom stereocenters. The van der Waals surface area contributed by atoms with Crippen LogP contribution in [0.4, 0.5) is 26.3 Å². The largest absolute Gasteiger partial charge is 0.508 e. The third-order valence-corrected chi connectivity index (χ3v) is 3.61. The molecule has 0 amide bonds. The Balaban J connectivity index is 2.44. The van der Waals surface area contributed by atoms with Gasteiger partial charge in [-0.05, 0) is 42.5 Å². The summed E-state index contributed by atoms with van der Waals surface area (Å²) in [4.78, 5) is 0.220. The molecular weight excluding hydrogens is 330 g/mol. The first-order valence-corrected chi connectivity index (χ1v) is 6.64. The van der Waals surface area contributed by atoms with E-state index in [4.69, 9.17) is 5.11 Å². The quantitative estimate of drug-likeness (QED) is 0.721. The van der Waals surface area contributed by atoms with Crippen LogP contribution in [-0.4, -0.2) is 5.11 Å². The van der Waals surface area contributed by atoms with Crippen LogP contribution in [0.15, 0.2) is 52.3 Å². The predicted molar refractivity (Wildman–Crippen MR) is 68.7 cm³/mol. The summed E-state index contributed by atoms with van der Waals surface area (Å²) >= 11 is 0.746. The normalized spacial score (nSPS) is 12.5. The van der Waals surface area contributed by atoms with Gasteiger partial charge in [-0.2, -0.15) is 26.3 Å². The molecule has 2 rings (SSSR count). The van der Waals surface area contributed by atoms with Gasteiger partial charge >= 0.3 is 12.4 Å². The second-order valence-corrected chi connectivity index (χ2v) is 5.48. The molecule has 0 bridgehead atoms. The summed E-state index contributed by atoms with van der Waals surface area (Å²) in [5.74, 6) is -0.0515. The Morgan fingerprint density at radius 1 is 0.682 bits per heavy atom. The number of aromatic hydroxyl groups is 1. The number of halogens is 6. The second kappa shape index (κ2) is 5.75. The minimum atomic E-state index is -4.87. The van der Waals surface area contributed by atoms with Gasteiger partial charge in [0.2, 0.25) is 0 Å². The van der Waals surface area contributed by atoms with E-state index >= 15 is 0 Å². The lowest BCUT2D eigenvalue weighted by Crippen LogP contribution is -2.10. The maximum absolute atomic E-state index is 12.7. The molecule has 2 aromatic carbocycles. The fraction of sp³-hybridized carbons (Fsp3) is 0.143. The van der Waals surface area contributed by atoms with Crippen molar-refractivity contribution in [3.05, 3.63) is 53.6 Å². The van der Waals surface area contributed by atoms with E-state index in [2.05, 4.69) is 0 Å². The van der Waals surface area contributed by atoms with Crippen LogP contribution >= 0.6 is 11.8 Å². The molecule has 0 aliphatic carbocycles. The van der Waals surface area contributed by atoms with Crippen molar-refractivity contribution in [2.24, 2.45) is 0 Å². The van der Waals surface area contributed by atoms with Gasteiger partial charge in [-0.1, -0.05) is 11.8 Å². The third kappa shape index (κ3) is 4.09. The van der Waals surface area contributed by atoms with E-state index < -0.39 is 23.5 Å². The van der Waals surface area contributed by atoms with Gasteiger partial charge < -0.3 is 5.11 Å². The molecule has 22 heavy (non-hydrogen) atoms. The zero-order chi connectivity index (χ0) is 16.5. The van der Waals surface area contributed by atoms with Crippen LogP contribution in [0.25, 0.3) is 0 Å². The van der Waals surface area contributed by atoms with Gasteiger partial charge in [-0.25, -0.2) is 0 Å². The van der Waals surface area contributed by atoms with Gasteiger partial charge in [-0.15, -0.1) is 0 Å². The van der Waals surface area contributed by atoms with E-state index in [1.54, 1.807) is 0 Å². The average molecular weight is 338 g/mol. The molecule has 0 heterocycles. The number of hydrogen-bond acceptors (Lipinski definition) is 2. The summed E-state index contributed by atoms with van der Waals surface area (Å²) in [6, 6.07) is 6.78. The smallest absolute Gasteiger partial charge is 0.416 e. The van der Waals surface area contributed by atoms with Gasteiger partial charge in [0, 0.05) is 9.79 Å². The fourth-order valence-electron chi connectivity index (χ4n) is 1.64. The molecule has 118 valence electrons. The van der Waals surface area contributed by atoms with Crippen molar-refractivity contribution in [1.82, 2.24) is 0 Å². The molecule has 0 aliphatic heterocycles. The van der Waals surface area contributed by atoms with Gasteiger partial charge in [-0.3, -0.25) is 0 Å². The van der Waals surface area contributed by atoms with Crippen LogP contribution in [0, 0.1) is 0 Å². The molecule has 0 saturated heterocycles. The number of phenols is 1. The van der Waals surface area contributed by atoms with Crippen LogP contribution in [0.2, 0.25) is 0 Å². The van der Waals surface area contributed by atoms with Crippen molar-refractivity contribution in [3.8, 4) is 5.75 Å². The SMILES string of the molecule is Oc1ccc(Sc2cc(C(F)(F)F)cc(C(F)(F)F)c2)cc1. The lowest BCUT2D eigenvalue weighted by atomic mass is 10.1. The Kier molecular flexibility index (Phi) is 4.32.